The zero-order chi connectivity index (χ0) is 33.7. The molecule has 3 heterocycles. The summed E-state index contributed by atoms with van der Waals surface area (Å²) in [5.74, 6) is -0.493. The van der Waals surface area contributed by atoms with Gasteiger partial charge in [0.25, 0.3) is 11.8 Å². The molecule has 3 aliphatic rings. The van der Waals surface area contributed by atoms with E-state index in [1.54, 1.807) is 30.9 Å². The topological polar surface area (TPSA) is 119 Å². The van der Waals surface area contributed by atoms with Crippen molar-refractivity contribution < 1.29 is 40.7 Å². The number of piperidine rings is 2. The molecule has 0 unspecified atom stereocenters. The number of benzene rings is 2. The minimum atomic E-state index is -4.50. The lowest BCUT2D eigenvalue weighted by molar-refractivity contribution is -0.137. The molecule has 0 aliphatic carbocycles. The molecule has 2 amide bonds. The van der Waals surface area contributed by atoms with Crippen LogP contribution in [-0.4, -0.2) is 84.4 Å². The van der Waals surface area contributed by atoms with E-state index in [0.29, 0.717) is 33.4 Å². The van der Waals surface area contributed by atoms with E-state index in [1.165, 1.54) is 23.4 Å². The van der Waals surface area contributed by atoms with Crippen LogP contribution >= 0.6 is 0 Å². The average Bonchev–Trinajstić information content (AvgIpc) is 3.30. The first-order chi connectivity index (χ1) is 21.5. The fourth-order valence-electron chi connectivity index (χ4n) is 6.24. The Morgan fingerprint density at radius 2 is 1.61 bits per heavy atom. The first-order valence-electron chi connectivity index (χ1n) is 14.9. The van der Waals surface area contributed by atoms with Gasteiger partial charge in [-0.2, -0.15) is 17.5 Å². The Kier molecular flexibility index (Phi) is 8.94. The molecular weight excluding hydrogens is 628 g/mol. The Hall–Kier alpha value is -3.62. The van der Waals surface area contributed by atoms with Crippen LogP contribution in [-0.2, 0) is 21.0 Å². The number of nitrogens with one attached hydrogen (secondary N) is 1. The third-order valence-corrected chi connectivity index (χ3v) is 10.7. The summed E-state index contributed by atoms with van der Waals surface area (Å²) in [4.78, 5) is 32.2. The molecular formula is C32H36F4N4O5S. The van der Waals surface area contributed by atoms with Crippen LogP contribution in [0, 0.1) is 20.8 Å². The Balaban J connectivity index is 1.26. The van der Waals surface area contributed by atoms with E-state index in [2.05, 4.69) is 10.3 Å². The third kappa shape index (κ3) is 6.60. The monoisotopic (exact) mass is 664 g/mol. The highest BCUT2D eigenvalue weighted by Crippen LogP contribution is 2.35. The number of alkyl halides is 4. The number of sulfonamides is 1. The van der Waals surface area contributed by atoms with Crippen molar-refractivity contribution in [3.8, 4) is 0 Å². The van der Waals surface area contributed by atoms with Crippen molar-refractivity contribution in [2.45, 2.75) is 63.8 Å². The predicted octanol–water partition coefficient (Wildman–Crippen LogP) is 4.28. The van der Waals surface area contributed by atoms with Crippen molar-refractivity contribution in [3.63, 3.8) is 0 Å². The number of amides is 2. The predicted molar refractivity (Wildman–Crippen MR) is 164 cm³/mol. The Morgan fingerprint density at radius 3 is 2.15 bits per heavy atom. The van der Waals surface area contributed by atoms with Gasteiger partial charge < -0.3 is 15.3 Å². The molecule has 0 saturated carbocycles. The molecule has 0 aromatic heterocycles. The summed E-state index contributed by atoms with van der Waals surface area (Å²) in [6, 6.07) is 6.55. The summed E-state index contributed by atoms with van der Waals surface area (Å²) in [7, 11) is -3.89. The normalized spacial score (nSPS) is 20.3. The summed E-state index contributed by atoms with van der Waals surface area (Å²) in [5, 5.41) is 13.9. The molecule has 2 aromatic carbocycles. The van der Waals surface area contributed by atoms with Crippen LogP contribution in [0.2, 0.25) is 0 Å². The van der Waals surface area contributed by atoms with Crippen molar-refractivity contribution in [3.05, 3.63) is 74.7 Å². The molecule has 0 atom stereocenters. The lowest BCUT2D eigenvalue weighted by atomic mass is 9.89. The Morgan fingerprint density at radius 1 is 1.00 bits per heavy atom. The van der Waals surface area contributed by atoms with Crippen molar-refractivity contribution in [1.29, 1.82) is 0 Å². The molecule has 2 saturated heterocycles. The fourth-order valence-corrected chi connectivity index (χ4v) is 7.41. The molecule has 1 spiro atoms. The summed E-state index contributed by atoms with van der Waals surface area (Å²) >= 11 is 0. The molecule has 14 heteroatoms. The smallest absolute Gasteiger partial charge is 0.387 e. The Bertz CT molecular complexity index is 1700. The molecule has 46 heavy (non-hydrogen) atoms. The second-order valence-electron chi connectivity index (χ2n) is 12.4. The van der Waals surface area contributed by atoms with Gasteiger partial charge in [0.1, 0.15) is 18.0 Å². The maximum absolute atomic E-state index is 13.3. The van der Waals surface area contributed by atoms with Crippen molar-refractivity contribution in [2.75, 3.05) is 32.9 Å². The summed E-state index contributed by atoms with van der Waals surface area (Å²) in [6.07, 6.45) is -2.51. The molecule has 0 radical (unpaired) electrons. The number of rotatable bonds is 6. The van der Waals surface area contributed by atoms with Crippen molar-refractivity contribution in [2.24, 2.45) is 4.99 Å². The van der Waals surface area contributed by atoms with Gasteiger partial charge in [0, 0.05) is 42.7 Å². The van der Waals surface area contributed by atoms with E-state index in [1.807, 2.05) is 0 Å². The number of aryl methyl sites for hydroxylation is 3. The van der Waals surface area contributed by atoms with Gasteiger partial charge >= 0.3 is 6.18 Å². The van der Waals surface area contributed by atoms with Crippen molar-refractivity contribution in [1.82, 2.24) is 14.5 Å². The van der Waals surface area contributed by atoms with Gasteiger partial charge in [-0.3, -0.25) is 14.6 Å². The minimum absolute atomic E-state index is 0.0155. The first-order valence-corrected chi connectivity index (χ1v) is 16.4. The van der Waals surface area contributed by atoms with Crippen LogP contribution in [0.25, 0.3) is 6.08 Å². The summed E-state index contributed by atoms with van der Waals surface area (Å²) < 4.78 is 80.2. The molecule has 9 nitrogen and oxygen atoms in total. The molecule has 2 N–H and O–H groups in total. The number of amidine groups is 1. The fraction of sp³-hybridized carbons (Fsp3) is 0.469. The number of halogens is 4. The third-order valence-electron chi connectivity index (χ3n) is 9.18. The minimum Gasteiger partial charge on any atom is -0.387 e. The lowest BCUT2D eigenvalue weighted by Crippen LogP contribution is -2.50. The number of carbonyl (C=O) groups excluding carboxylic acids is 2. The SMILES string of the molecule is Cc1cc(C(F)(F)F)ccc1C1=NC2(CCN(S(=O)(=O)C=Cc3c(C)cc(C(=O)N4CCC(O)(CF)CC4)cc3C)CC2)C(=O)N1. The second kappa shape index (κ2) is 12.2. The van der Waals surface area contributed by atoms with Gasteiger partial charge in [0.05, 0.1) is 11.2 Å². The van der Waals surface area contributed by atoms with Crippen LogP contribution in [0.4, 0.5) is 17.6 Å². The molecule has 2 aromatic rings. The van der Waals surface area contributed by atoms with Gasteiger partial charge in [-0.15, -0.1) is 0 Å². The number of aliphatic imine (C=N–C) groups is 1. The highest BCUT2D eigenvalue weighted by Gasteiger charge is 2.47. The molecule has 5 rings (SSSR count). The van der Waals surface area contributed by atoms with E-state index >= 15 is 0 Å². The van der Waals surface area contributed by atoms with Gasteiger partial charge in [-0.25, -0.2) is 12.8 Å². The van der Waals surface area contributed by atoms with E-state index in [-0.39, 0.29) is 63.6 Å². The Labute approximate surface area is 265 Å². The highest BCUT2D eigenvalue weighted by atomic mass is 32.2. The van der Waals surface area contributed by atoms with Crippen molar-refractivity contribution >= 4 is 33.7 Å². The van der Waals surface area contributed by atoms with Crippen LogP contribution in [0.15, 0.2) is 40.7 Å². The van der Waals surface area contributed by atoms with Crippen LogP contribution in [0.3, 0.4) is 0 Å². The van der Waals surface area contributed by atoms with Crippen LogP contribution < -0.4 is 5.32 Å². The standard InChI is InChI=1S/C32H36F4N4O5S/c1-20-16-23(28(41)39-11-7-30(43,19-33)8-12-39)17-21(2)25(20)6-15-46(44,45)40-13-9-31(10-14-40)29(42)37-27(38-31)26-5-4-24(18-22(26)3)32(34,35)36/h4-6,15-18,43H,7-14,19H2,1-3H3,(H,37,38,42). The number of aliphatic hydroxyl groups is 1. The van der Waals surface area contributed by atoms with Gasteiger partial charge in [0.15, 0.2) is 0 Å². The summed E-state index contributed by atoms with van der Waals surface area (Å²) in [5.41, 5.74) is -0.311. The lowest BCUT2D eigenvalue weighted by Gasteiger charge is -2.36. The van der Waals surface area contributed by atoms with Crippen LogP contribution in [0.1, 0.15) is 69.4 Å². The molecule has 2 fully saturated rings. The highest BCUT2D eigenvalue weighted by molar-refractivity contribution is 7.92. The van der Waals surface area contributed by atoms with E-state index in [0.717, 1.165) is 17.5 Å². The first kappa shape index (κ1) is 33.7. The molecule has 3 aliphatic heterocycles. The second-order valence-corrected chi connectivity index (χ2v) is 14.2. The summed E-state index contributed by atoms with van der Waals surface area (Å²) in [6.45, 7) is 4.69. The number of likely N-dealkylation sites (tertiary alicyclic amines) is 1. The van der Waals surface area contributed by atoms with Gasteiger partial charge in [-0.1, -0.05) is 6.07 Å². The maximum atomic E-state index is 13.3. The van der Waals surface area contributed by atoms with Gasteiger partial charge in [0.2, 0.25) is 10.0 Å². The zero-order valence-electron chi connectivity index (χ0n) is 25.7. The zero-order valence-corrected chi connectivity index (χ0v) is 26.6. The number of nitrogens with zero attached hydrogens (tertiary/aromatic N) is 3. The quantitative estimate of drug-likeness (QED) is 0.447. The van der Waals surface area contributed by atoms with Crippen LogP contribution in [0.5, 0.6) is 0 Å². The number of hydrogen-bond donors (Lipinski definition) is 2. The largest absolute Gasteiger partial charge is 0.416 e. The number of carbonyl (C=O) groups is 2. The molecule has 248 valence electrons. The van der Waals surface area contributed by atoms with E-state index in [4.69, 9.17) is 0 Å². The van der Waals surface area contributed by atoms with Gasteiger partial charge in [-0.05, 0) is 99.0 Å². The maximum Gasteiger partial charge on any atom is 0.416 e. The molecule has 0 bridgehead atoms. The average molecular weight is 665 g/mol. The number of hydrogen-bond acceptors (Lipinski definition) is 6. The van der Waals surface area contributed by atoms with E-state index in [9.17, 15) is 40.7 Å². The van der Waals surface area contributed by atoms with E-state index < -0.39 is 45.5 Å².